The van der Waals surface area contributed by atoms with Crippen LogP contribution in [-0.4, -0.2) is 56.1 Å². The predicted molar refractivity (Wildman–Crippen MR) is 78.1 cm³/mol. The molecule has 7 heteroatoms. The van der Waals surface area contributed by atoms with Gasteiger partial charge in [-0.25, -0.2) is 0 Å². The molecule has 2 aromatic heterocycles. The smallest absolute Gasteiger partial charge is 0.272 e. The van der Waals surface area contributed by atoms with Crippen LogP contribution in [0.1, 0.15) is 23.3 Å². The van der Waals surface area contributed by atoms with Crippen LogP contribution >= 0.6 is 0 Å². The lowest BCUT2D eigenvalue weighted by molar-refractivity contribution is -0.0650. The number of H-pyrrole nitrogens is 1. The number of carbonyl (C=O) groups excluding carboxylic acids is 1. The maximum Gasteiger partial charge on any atom is 0.272 e. The standard InChI is InChI=1S/C15H19N5O2/c21-15(12-4-6-16-18-12)20-8-9-22-14-11(2-3-13(14)20)10-19-7-1-5-17-19/h1,4-7,11,13-14H,2-3,8-10H2,(H,16,18). The Hall–Kier alpha value is -2.15. The van der Waals surface area contributed by atoms with Gasteiger partial charge in [0.2, 0.25) is 0 Å². The first-order valence-electron chi connectivity index (χ1n) is 7.72. The second-order valence-electron chi connectivity index (χ2n) is 5.94. The number of hydrogen-bond donors (Lipinski definition) is 1. The molecule has 7 nitrogen and oxygen atoms in total. The number of aromatic nitrogens is 4. The first-order chi connectivity index (χ1) is 10.8. The van der Waals surface area contributed by atoms with Crippen molar-refractivity contribution < 1.29 is 9.53 Å². The fraction of sp³-hybridized carbons (Fsp3) is 0.533. The quantitative estimate of drug-likeness (QED) is 0.915. The van der Waals surface area contributed by atoms with Crippen molar-refractivity contribution in [1.82, 2.24) is 24.9 Å². The highest BCUT2D eigenvalue weighted by Gasteiger charge is 2.44. The minimum Gasteiger partial charge on any atom is -0.374 e. The molecular formula is C15H19N5O2. The molecule has 22 heavy (non-hydrogen) atoms. The number of amides is 1. The summed E-state index contributed by atoms with van der Waals surface area (Å²) >= 11 is 0. The Labute approximate surface area is 128 Å². The molecule has 4 rings (SSSR count). The number of rotatable bonds is 3. The van der Waals surface area contributed by atoms with Crippen LogP contribution in [0.15, 0.2) is 30.7 Å². The predicted octanol–water partition coefficient (Wildman–Crippen LogP) is 0.926. The second-order valence-corrected chi connectivity index (χ2v) is 5.94. The van der Waals surface area contributed by atoms with E-state index in [1.807, 2.05) is 21.8 Å². The summed E-state index contributed by atoms with van der Waals surface area (Å²) in [5.41, 5.74) is 0.552. The van der Waals surface area contributed by atoms with Crippen molar-refractivity contribution in [3.05, 3.63) is 36.4 Å². The van der Waals surface area contributed by atoms with E-state index in [4.69, 9.17) is 4.74 Å². The third-order valence-corrected chi connectivity index (χ3v) is 4.69. The maximum atomic E-state index is 12.6. The average molecular weight is 301 g/mol. The molecule has 1 aliphatic heterocycles. The second kappa shape index (κ2) is 5.57. The molecule has 116 valence electrons. The molecule has 2 fully saturated rings. The van der Waals surface area contributed by atoms with Crippen molar-refractivity contribution in [2.75, 3.05) is 13.2 Å². The fourth-order valence-corrected chi connectivity index (χ4v) is 3.69. The number of hydrogen-bond acceptors (Lipinski definition) is 4. The summed E-state index contributed by atoms with van der Waals surface area (Å²) < 4.78 is 7.95. The Bertz CT molecular complexity index is 624. The van der Waals surface area contributed by atoms with Gasteiger partial charge in [0, 0.05) is 37.6 Å². The van der Waals surface area contributed by atoms with Crippen LogP contribution in [0.2, 0.25) is 0 Å². The largest absolute Gasteiger partial charge is 0.374 e. The lowest BCUT2D eigenvalue weighted by atomic mass is 10.0. The maximum absolute atomic E-state index is 12.6. The highest BCUT2D eigenvalue weighted by atomic mass is 16.5. The van der Waals surface area contributed by atoms with Gasteiger partial charge in [0.25, 0.3) is 5.91 Å². The van der Waals surface area contributed by atoms with E-state index in [0.29, 0.717) is 24.8 Å². The third kappa shape index (κ3) is 2.31. The summed E-state index contributed by atoms with van der Waals surface area (Å²) in [5.74, 6) is 0.429. The molecule has 3 unspecified atom stereocenters. The summed E-state index contributed by atoms with van der Waals surface area (Å²) in [4.78, 5) is 14.6. The Morgan fingerprint density at radius 1 is 1.41 bits per heavy atom. The number of nitrogens with zero attached hydrogens (tertiary/aromatic N) is 4. The van der Waals surface area contributed by atoms with Crippen LogP contribution in [0.5, 0.6) is 0 Å². The molecule has 1 saturated carbocycles. The van der Waals surface area contributed by atoms with Gasteiger partial charge >= 0.3 is 0 Å². The minimum atomic E-state index is 0.0236. The first-order valence-corrected chi connectivity index (χ1v) is 7.72. The van der Waals surface area contributed by atoms with Crippen molar-refractivity contribution in [2.45, 2.75) is 31.5 Å². The molecule has 0 radical (unpaired) electrons. The summed E-state index contributed by atoms with van der Waals surface area (Å²) in [7, 11) is 0. The van der Waals surface area contributed by atoms with Crippen LogP contribution < -0.4 is 0 Å². The van der Waals surface area contributed by atoms with Gasteiger partial charge < -0.3 is 9.64 Å². The summed E-state index contributed by atoms with van der Waals surface area (Å²) in [5, 5.41) is 10.9. The topological polar surface area (TPSA) is 76.0 Å². The number of nitrogens with one attached hydrogen (secondary N) is 1. The fourth-order valence-electron chi connectivity index (χ4n) is 3.69. The van der Waals surface area contributed by atoms with Gasteiger partial charge in [-0.1, -0.05) is 0 Å². The van der Waals surface area contributed by atoms with Gasteiger partial charge in [0.15, 0.2) is 0 Å². The van der Waals surface area contributed by atoms with Gasteiger partial charge in [-0.2, -0.15) is 10.2 Å². The summed E-state index contributed by atoms with van der Waals surface area (Å²) in [6.45, 7) is 2.09. The van der Waals surface area contributed by atoms with Crippen LogP contribution in [0.4, 0.5) is 0 Å². The van der Waals surface area contributed by atoms with E-state index in [0.717, 1.165) is 19.4 Å². The van der Waals surface area contributed by atoms with Crippen molar-refractivity contribution in [3.8, 4) is 0 Å². The minimum absolute atomic E-state index is 0.0236. The van der Waals surface area contributed by atoms with E-state index in [1.54, 1.807) is 18.5 Å². The van der Waals surface area contributed by atoms with Crippen molar-refractivity contribution in [1.29, 1.82) is 0 Å². The highest BCUT2D eigenvalue weighted by Crippen LogP contribution is 2.36. The highest BCUT2D eigenvalue weighted by molar-refractivity contribution is 5.92. The normalized spacial score (nSPS) is 27.8. The first kappa shape index (κ1) is 13.5. The van der Waals surface area contributed by atoms with Crippen molar-refractivity contribution in [3.63, 3.8) is 0 Å². The Morgan fingerprint density at radius 2 is 2.36 bits per heavy atom. The molecule has 1 aliphatic carbocycles. The van der Waals surface area contributed by atoms with Crippen LogP contribution in [0.25, 0.3) is 0 Å². The molecular weight excluding hydrogens is 282 g/mol. The van der Waals surface area contributed by atoms with Crippen LogP contribution in [0.3, 0.4) is 0 Å². The molecule has 1 N–H and O–H groups in total. The zero-order valence-electron chi connectivity index (χ0n) is 12.3. The average Bonchev–Trinajstić information content (AvgIpc) is 3.29. The van der Waals surface area contributed by atoms with E-state index in [9.17, 15) is 4.79 Å². The molecule has 1 amide bonds. The number of ether oxygens (including phenoxy) is 1. The van der Waals surface area contributed by atoms with E-state index >= 15 is 0 Å². The zero-order chi connectivity index (χ0) is 14.9. The van der Waals surface area contributed by atoms with E-state index in [2.05, 4.69) is 15.3 Å². The lowest BCUT2D eigenvalue weighted by Gasteiger charge is -2.39. The third-order valence-electron chi connectivity index (χ3n) is 4.69. The SMILES string of the molecule is O=C(c1ccn[nH]1)N1CCOC2C(Cn3cccn3)CCC21. The molecule has 1 saturated heterocycles. The summed E-state index contributed by atoms with van der Waals surface area (Å²) in [6.07, 6.45) is 7.52. The summed E-state index contributed by atoms with van der Waals surface area (Å²) in [6, 6.07) is 3.82. The Morgan fingerprint density at radius 3 is 3.14 bits per heavy atom. The molecule has 3 heterocycles. The van der Waals surface area contributed by atoms with E-state index in [-0.39, 0.29) is 18.1 Å². The van der Waals surface area contributed by atoms with Crippen molar-refractivity contribution in [2.24, 2.45) is 5.92 Å². The van der Waals surface area contributed by atoms with Crippen LogP contribution in [0, 0.1) is 5.92 Å². The molecule has 0 spiro atoms. The Balaban J connectivity index is 1.50. The van der Waals surface area contributed by atoms with Crippen LogP contribution in [-0.2, 0) is 11.3 Å². The molecule has 2 aliphatic rings. The Kier molecular flexibility index (Phi) is 3.42. The number of aromatic amines is 1. The zero-order valence-corrected chi connectivity index (χ0v) is 12.3. The van der Waals surface area contributed by atoms with Gasteiger partial charge in [-0.15, -0.1) is 0 Å². The van der Waals surface area contributed by atoms with Gasteiger partial charge in [0.05, 0.1) is 18.8 Å². The van der Waals surface area contributed by atoms with E-state index < -0.39 is 0 Å². The monoisotopic (exact) mass is 301 g/mol. The van der Waals surface area contributed by atoms with Gasteiger partial charge in [-0.05, 0) is 25.0 Å². The number of carbonyl (C=O) groups is 1. The van der Waals surface area contributed by atoms with Crippen molar-refractivity contribution >= 4 is 5.91 Å². The molecule has 3 atom stereocenters. The molecule has 0 aromatic carbocycles. The number of morpholine rings is 1. The van der Waals surface area contributed by atoms with Gasteiger partial charge in [-0.3, -0.25) is 14.6 Å². The molecule has 2 aromatic rings. The lowest BCUT2D eigenvalue weighted by Crippen LogP contribution is -2.53. The van der Waals surface area contributed by atoms with E-state index in [1.165, 1.54) is 0 Å². The van der Waals surface area contributed by atoms with Gasteiger partial charge in [0.1, 0.15) is 5.69 Å². The number of fused-ring (bicyclic) bond motifs is 1. The molecule has 0 bridgehead atoms.